The van der Waals surface area contributed by atoms with Gasteiger partial charge in [0.2, 0.25) is 5.91 Å². The van der Waals surface area contributed by atoms with Crippen LogP contribution in [0.5, 0.6) is 6.01 Å². The Morgan fingerprint density at radius 2 is 2.02 bits per heavy atom. The predicted molar refractivity (Wildman–Crippen MR) is 158 cm³/mol. The molecule has 2 N–H and O–H groups in total. The van der Waals surface area contributed by atoms with E-state index in [-0.39, 0.29) is 80.4 Å². The Kier molecular flexibility index (Phi) is 7.68. The molecule has 0 bridgehead atoms. The number of thiophene rings is 1. The number of likely N-dealkylation sites (tertiary alicyclic amines) is 1. The van der Waals surface area contributed by atoms with Gasteiger partial charge in [-0.2, -0.15) is 28.4 Å². The van der Waals surface area contributed by atoms with Crippen LogP contribution in [0.15, 0.2) is 18.2 Å². The van der Waals surface area contributed by atoms with Crippen molar-refractivity contribution in [2.75, 3.05) is 44.0 Å². The van der Waals surface area contributed by atoms with Crippen LogP contribution < -0.4 is 15.4 Å². The molecule has 2 aromatic heterocycles. The highest BCUT2D eigenvalue weighted by Crippen LogP contribution is 2.48. The van der Waals surface area contributed by atoms with E-state index in [4.69, 9.17) is 15.2 Å². The van der Waals surface area contributed by atoms with E-state index in [9.17, 15) is 27.6 Å². The second-order valence-electron chi connectivity index (χ2n) is 11.0. The smallest absolute Gasteiger partial charge is 0.417 e. The average Bonchev–Trinajstić information content (AvgIpc) is 3.52. The average molecular weight is 647 g/mol. The lowest BCUT2D eigenvalue weighted by Gasteiger charge is -2.33. The molecule has 6 rings (SSSR count). The number of fused-ring (bicyclic) bond motifs is 2. The number of aromatic nitrogens is 2. The normalized spacial score (nSPS) is 18.8. The van der Waals surface area contributed by atoms with Crippen molar-refractivity contribution >= 4 is 49.1 Å². The van der Waals surface area contributed by atoms with Gasteiger partial charge in [-0.05, 0) is 38.0 Å². The Hall–Kier alpha value is -4.29. The Balaban J connectivity index is 1.57. The number of methoxy groups -OCH3 is 1. The molecular formula is C30H27F5N6O3S. The van der Waals surface area contributed by atoms with Crippen LogP contribution in [-0.2, 0) is 15.7 Å². The minimum Gasteiger partial charge on any atom is -0.467 e. The van der Waals surface area contributed by atoms with E-state index >= 15 is 4.39 Å². The SMILES string of the molecule is CCN(c1nc(OC)nc2c(F)c(-c3ccc(F)c4sc(N)c(C#N)c34)c(C(F)(F)F)cc12)C1CC(C)N(C(=O)C2COC2)C1. The molecule has 2 aliphatic rings. The number of ether oxygens (including phenoxy) is 2. The van der Waals surface area contributed by atoms with E-state index in [2.05, 4.69) is 9.97 Å². The summed E-state index contributed by atoms with van der Waals surface area (Å²) in [6.45, 7) is 4.92. The zero-order valence-corrected chi connectivity index (χ0v) is 25.2. The fourth-order valence-corrected chi connectivity index (χ4v) is 7.18. The molecule has 2 aromatic carbocycles. The third-order valence-electron chi connectivity index (χ3n) is 8.45. The standard InChI is InChI=1S/C30H27F5N6O3S/c1-4-40(15-7-13(2)41(10-15)28(42)14-11-44-12-14)27-17-8-19(30(33,34)35)22(23(32)24(17)38-29(39-27)43-3)16-5-6-20(31)25-21(16)18(9-36)26(37)45-25/h5-6,8,13-15H,4,7,10-12,37H2,1-3H3. The maximum absolute atomic E-state index is 16.7. The highest BCUT2D eigenvalue weighted by atomic mass is 32.1. The van der Waals surface area contributed by atoms with Crippen LogP contribution in [0.25, 0.3) is 32.1 Å². The number of carbonyl (C=O) groups is 1. The third kappa shape index (κ3) is 4.96. The summed E-state index contributed by atoms with van der Waals surface area (Å²) in [4.78, 5) is 25.0. The fraction of sp³-hybridized carbons (Fsp3) is 0.400. The largest absolute Gasteiger partial charge is 0.467 e. The second-order valence-corrected chi connectivity index (χ2v) is 12.1. The number of benzene rings is 2. The molecule has 2 aliphatic heterocycles. The van der Waals surface area contributed by atoms with Gasteiger partial charge in [0.05, 0.1) is 42.1 Å². The fourth-order valence-electron chi connectivity index (χ4n) is 6.23. The third-order valence-corrected chi connectivity index (χ3v) is 9.48. The van der Waals surface area contributed by atoms with Crippen LogP contribution in [0.1, 0.15) is 31.4 Å². The number of nitrogen functional groups attached to an aromatic ring is 1. The van der Waals surface area contributed by atoms with E-state index in [1.165, 1.54) is 7.11 Å². The first kappa shape index (κ1) is 30.7. The van der Waals surface area contributed by atoms with Gasteiger partial charge in [0.1, 0.15) is 28.2 Å². The molecule has 2 atom stereocenters. The number of likely N-dealkylation sites (N-methyl/N-ethyl adjacent to an activating group) is 1. The quantitative estimate of drug-likeness (QED) is 0.264. The Labute approximate surface area is 257 Å². The van der Waals surface area contributed by atoms with Gasteiger partial charge >= 0.3 is 12.2 Å². The van der Waals surface area contributed by atoms with Crippen molar-refractivity contribution in [2.24, 2.45) is 5.92 Å². The van der Waals surface area contributed by atoms with E-state index in [1.54, 1.807) is 16.7 Å². The number of rotatable bonds is 6. The summed E-state index contributed by atoms with van der Waals surface area (Å²) in [6.07, 6.45) is -4.58. The number of hydrogen-bond acceptors (Lipinski definition) is 9. The van der Waals surface area contributed by atoms with E-state index < -0.39 is 34.5 Å². The predicted octanol–water partition coefficient (Wildman–Crippen LogP) is 5.73. The van der Waals surface area contributed by atoms with Gasteiger partial charge in [-0.25, -0.2) is 8.78 Å². The van der Waals surface area contributed by atoms with E-state index in [0.717, 1.165) is 18.2 Å². The van der Waals surface area contributed by atoms with Crippen molar-refractivity contribution in [2.45, 2.75) is 38.5 Å². The molecule has 0 aliphatic carbocycles. The Bertz CT molecular complexity index is 1890. The molecule has 0 radical (unpaired) electrons. The lowest BCUT2D eigenvalue weighted by Crippen LogP contribution is -2.47. The van der Waals surface area contributed by atoms with Crippen molar-refractivity contribution in [3.63, 3.8) is 0 Å². The molecule has 4 aromatic rings. The maximum atomic E-state index is 16.7. The molecule has 9 nitrogen and oxygen atoms in total. The molecule has 4 heterocycles. The lowest BCUT2D eigenvalue weighted by molar-refractivity contribution is -0.150. The Morgan fingerprint density at radius 1 is 1.29 bits per heavy atom. The number of nitriles is 1. The summed E-state index contributed by atoms with van der Waals surface area (Å²) in [6, 6.07) is 3.70. The van der Waals surface area contributed by atoms with Crippen molar-refractivity contribution in [3.05, 3.63) is 41.0 Å². The van der Waals surface area contributed by atoms with Crippen LogP contribution in [0.3, 0.4) is 0 Å². The topological polar surface area (TPSA) is 118 Å². The molecule has 236 valence electrons. The van der Waals surface area contributed by atoms with Crippen molar-refractivity contribution in [3.8, 4) is 23.2 Å². The molecular weight excluding hydrogens is 619 g/mol. The van der Waals surface area contributed by atoms with Gasteiger partial charge in [-0.1, -0.05) is 6.07 Å². The summed E-state index contributed by atoms with van der Waals surface area (Å²) in [7, 11) is 1.25. The van der Waals surface area contributed by atoms with Gasteiger partial charge in [0, 0.05) is 41.5 Å². The van der Waals surface area contributed by atoms with Crippen molar-refractivity contribution in [1.29, 1.82) is 5.26 Å². The van der Waals surface area contributed by atoms with Crippen LogP contribution in [-0.4, -0.2) is 66.3 Å². The minimum atomic E-state index is -5.08. The van der Waals surface area contributed by atoms with Crippen LogP contribution in [0.2, 0.25) is 0 Å². The lowest BCUT2D eigenvalue weighted by atomic mass is 9.92. The highest BCUT2D eigenvalue weighted by Gasteiger charge is 2.42. The number of alkyl halides is 3. The van der Waals surface area contributed by atoms with E-state index in [1.807, 2.05) is 13.0 Å². The number of nitrogens with zero attached hydrogens (tertiary/aromatic N) is 5. The number of hydrogen-bond donors (Lipinski definition) is 1. The summed E-state index contributed by atoms with van der Waals surface area (Å²) in [5, 5.41) is 9.17. The Morgan fingerprint density at radius 3 is 2.62 bits per heavy atom. The number of carbonyl (C=O) groups excluding carboxylic acids is 1. The zero-order valence-electron chi connectivity index (χ0n) is 24.3. The summed E-state index contributed by atoms with van der Waals surface area (Å²) in [5.74, 6) is -2.43. The first-order valence-corrected chi connectivity index (χ1v) is 14.9. The molecule has 1 amide bonds. The van der Waals surface area contributed by atoms with Crippen LogP contribution in [0.4, 0.5) is 32.8 Å². The maximum Gasteiger partial charge on any atom is 0.417 e. The molecule has 2 fully saturated rings. The van der Waals surface area contributed by atoms with Crippen LogP contribution in [0, 0.1) is 28.9 Å². The van der Waals surface area contributed by atoms with Crippen molar-refractivity contribution < 1.29 is 36.2 Å². The molecule has 45 heavy (non-hydrogen) atoms. The van der Waals surface area contributed by atoms with E-state index in [0.29, 0.717) is 31.0 Å². The summed E-state index contributed by atoms with van der Waals surface area (Å²) < 4.78 is 86.1. The number of amides is 1. The molecule has 2 saturated heterocycles. The monoisotopic (exact) mass is 646 g/mol. The molecule has 0 saturated carbocycles. The zero-order chi connectivity index (χ0) is 32.4. The summed E-state index contributed by atoms with van der Waals surface area (Å²) >= 11 is 0.690. The van der Waals surface area contributed by atoms with Crippen LogP contribution >= 0.6 is 11.3 Å². The number of halogens is 5. The van der Waals surface area contributed by atoms with Gasteiger partial charge in [0.25, 0.3) is 0 Å². The van der Waals surface area contributed by atoms with Gasteiger partial charge in [-0.15, -0.1) is 11.3 Å². The first-order chi connectivity index (χ1) is 21.4. The first-order valence-electron chi connectivity index (χ1n) is 14.1. The number of anilines is 2. The van der Waals surface area contributed by atoms with Gasteiger partial charge in [-0.3, -0.25) is 4.79 Å². The highest BCUT2D eigenvalue weighted by molar-refractivity contribution is 7.23. The van der Waals surface area contributed by atoms with Gasteiger partial charge in [0.15, 0.2) is 5.82 Å². The van der Waals surface area contributed by atoms with Gasteiger partial charge < -0.3 is 25.0 Å². The molecule has 0 spiro atoms. The minimum absolute atomic E-state index is 0.00974. The van der Waals surface area contributed by atoms with Crippen molar-refractivity contribution in [1.82, 2.24) is 14.9 Å². The molecule has 2 unspecified atom stereocenters. The molecule has 15 heteroatoms. The number of nitrogens with two attached hydrogens (primary N) is 1. The summed E-state index contributed by atoms with van der Waals surface area (Å²) in [5.41, 5.74) is 2.58. The second kappa shape index (κ2) is 11.3.